The van der Waals surface area contributed by atoms with Crippen LogP contribution >= 0.6 is 12.2 Å². The Morgan fingerprint density at radius 3 is 2.43 bits per heavy atom. The Bertz CT molecular complexity index is 937. The number of nitrogens with one attached hydrogen (secondary N) is 1. The molecule has 0 unspecified atom stereocenters. The van der Waals surface area contributed by atoms with Gasteiger partial charge in [0.25, 0.3) is 0 Å². The molecule has 1 N–H and O–H groups in total. The monoisotopic (exact) mass is 348 g/mol. The van der Waals surface area contributed by atoms with Crippen LogP contribution in [0.4, 0.5) is 0 Å². The summed E-state index contributed by atoms with van der Waals surface area (Å²) in [7, 11) is -6.39. The van der Waals surface area contributed by atoms with Crippen LogP contribution in [0.1, 0.15) is 6.42 Å². The summed E-state index contributed by atoms with van der Waals surface area (Å²) < 4.78 is 48.0. The molecule has 0 aliphatic heterocycles. The second-order valence-electron chi connectivity index (χ2n) is 4.99. The molecular formula is C12H16N2O4S3. The third-order valence-electron chi connectivity index (χ3n) is 3.07. The largest absolute Gasteiger partial charge is 0.329 e. The summed E-state index contributed by atoms with van der Waals surface area (Å²) in [6, 6.07) is 4.93. The molecule has 0 bridgehead atoms. The van der Waals surface area contributed by atoms with Gasteiger partial charge in [0, 0.05) is 19.1 Å². The number of para-hydroxylation sites is 1. The molecule has 0 saturated carbocycles. The molecule has 2 rings (SSSR count). The molecule has 21 heavy (non-hydrogen) atoms. The van der Waals surface area contributed by atoms with Gasteiger partial charge in [-0.15, -0.1) is 0 Å². The number of aromatic amines is 1. The first kappa shape index (κ1) is 16.2. The third-order valence-corrected chi connectivity index (χ3v) is 5.56. The van der Waals surface area contributed by atoms with E-state index in [9.17, 15) is 16.8 Å². The SMILES string of the molecule is CS(=O)(=O)CCCn1c(=S)[nH]c2c(S(C)(=O)=O)cccc21. The van der Waals surface area contributed by atoms with Crippen LogP contribution in [0.2, 0.25) is 0 Å². The number of benzene rings is 1. The second kappa shape index (κ2) is 5.54. The van der Waals surface area contributed by atoms with E-state index in [-0.39, 0.29) is 10.6 Å². The van der Waals surface area contributed by atoms with Gasteiger partial charge in [-0.25, -0.2) is 16.8 Å². The van der Waals surface area contributed by atoms with E-state index >= 15 is 0 Å². The molecule has 0 fully saturated rings. The van der Waals surface area contributed by atoms with Gasteiger partial charge in [0.1, 0.15) is 9.84 Å². The Morgan fingerprint density at radius 2 is 1.86 bits per heavy atom. The number of H-pyrrole nitrogens is 1. The zero-order valence-electron chi connectivity index (χ0n) is 11.7. The molecule has 0 atom stereocenters. The first-order valence-electron chi connectivity index (χ1n) is 6.19. The lowest BCUT2D eigenvalue weighted by molar-refractivity contribution is 0.592. The van der Waals surface area contributed by atoms with Crippen molar-refractivity contribution in [1.82, 2.24) is 9.55 Å². The summed E-state index contributed by atoms with van der Waals surface area (Å²) in [6.45, 7) is 0.416. The fourth-order valence-electron chi connectivity index (χ4n) is 2.17. The van der Waals surface area contributed by atoms with Gasteiger partial charge in [-0.2, -0.15) is 0 Å². The molecule has 0 spiro atoms. The molecule has 1 heterocycles. The smallest absolute Gasteiger partial charge is 0.178 e. The van der Waals surface area contributed by atoms with E-state index in [2.05, 4.69) is 4.98 Å². The standard InChI is InChI=1S/C12H16N2O4S3/c1-20(15,16)8-4-7-14-9-5-3-6-10(21(2,17)18)11(9)13-12(14)19/h3,5-6H,4,7-8H2,1-2H3,(H,13,19). The maximum Gasteiger partial charge on any atom is 0.178 e. The van der Waals surface area contributed by atoms with E-state index in [1.807, 2.05) is 0 Å². The molecular weight excluding hydrogens is 332 g/mol. The van der Waals surface area contributed by atoms with Gasteiger partial charge in [0.2, 0.25) is 0 Å². The summed E-state index contributed by atoms with van der Waals surface area (Å²) in [6.07, 6.45) is 2.74. The Morgan fingerprint density at radius 1 is 1.19 bits per heavy atom. The highest BCUT2D eigenvalue weighted by atomic mass is 32.2. The average molecular weight is 348 g/mol. The van der Waals surface area contributed by atoms with Crippen LogP contribution in [0.25, 0.3) is 11.0 Å². The quantitative estimate of drug-likeness (QED) is 0.828. The maximum atomic E-state index is 11.8. The average Bonchev–Trinajstić information content (AvgIpc) is 2.63. The van der Waals surface area contributed by atoms with Gasteiger partial charge in [0.15, 0.2) is 14.6 Å². The van der Waals surface area contributed by atoms with Gasteiger partial charge < -0.3 is 9.55 Å². The van der Waals surface area contributed by atoms with Gasteiger partial charge in [-0.1, -0.05) is 6.07 Å². The van der Waals surface area contributed by atoms with Crippen LogP contribution < -0.4 is 0 Å². The number of aryl methyl sites for hydroxylation is 1. The number of fused-ring (bicyclic) bond motifs is 1. The van der Waals surface area contributed by atoms with Crippen LogP contribution in [0.15, 0.2) is 23.1 Å². The zero-order valence-corrected chi connectivity index (χ0v) is 14.1. The molecule has 0 aliphatic carbocycles. The minimum absolute atomic E-state index is 0.0627. The molecule has 6 nitrogen and oxygen atoms in total. The molecule has 0 aliphatic rings. The molecule has 0 amide bonds. The fraction of sp³-hybridized carbons (Fsp3) is 0.417. The molecule has 2 aromatic rings. The highest BCUT2D eigenvalue weighted by Gasteiger charge is 2.15. The summed E-state index contributed by atoms with van der Waals surface area (Å²) in [5, 5.41) is 0. The van der Waals surface area contributed by atoms with Gasteiger partial charge in [-0.05, 0) is 30.8 Å². The van der Waals surface area contributed by atoms with Crippen molar-refractivity contribution in [3.8, 4) is 0 Å². The molecule has 1 aromatic heterocycles. The van der Waals surface area contributed by atoms with Crippen molar-refractivity contribution in [3.05, 3.63) is 23.0 Å². The van der Waals surface area contributed by atoms with Gasteiger partial charge in [-0.3, -0.25) is 0 Å². The number of rotatable bonds is 5. The van der Waals surface area contributed by atoms with Crippen LogP contribution in [0.3, 0.4) is 0 Å². The van der Waals surface area contributed by atoms with Crippen LogP contribution in [0, 0.1) is 4.77 Å². The normalized spacial score (nSPS) is 12.9. The van der Waals surface area contributed by atoms with E-state index < -0.39 is 19.7 Å². The van der Waals surface area contributed by atoms with Crippen molar-refractivity contribution in [1.29, 1.82) is 0 Å². The number of imidazole rings is 1. The van der Waals surface area contributed by atoms with E-state index in [1.54, 1.807) is 16.7 Å². The number of hydrogen-bond acceptors (Lipinski definition) is 5. The van der Waals surface area contributed by atoms with Gasteiger partial charge >= 0.3 is 0 Å². The predicted octanol–water partition coefficient (Wildman–Crippen LogP) is 1.54. The number of nitrogens with zero attached hydrogens (tertiary/aromatic N) is 1. The van der Waals surface area contributed by atoms with Gasteiger partial charge in [0.05, 0.1) is 21.7 Å². The van der Waals surface area contributed by atoms with Crippen molar-refractivity contribution in [2.45, 2.75) is 17.9 Å². The van der Waals surface area contributed by atoms with E-state index in [4.69, 9.17) is 12.2 Å². The molecule has 0 saturated heterocycles. The van der Waals surface area contributed by atoms with Crippen LogP contribution in [0.5, 0.6) is 0 Å². The summed E-state index contributed by atoms with van der Waals surface area (Å²) in [4.78, 5) is 3.09. The molecule has 0 radical (unpaired) electrons. The molecule has 9 heteroatoms. The van der Waals surface area contributed by atoms with Crippen LogP contribution in [-0.4, -0.2) is 44.7 Å². The zero-order chi connectivity index (χ0) is 15.8. The van der Waals surface area contributed by atoms with E-state index in [0.717, 1.165) is 6.26 Å². The highest BCUT2D eigenvalue weighted by Crippen LogP contribution is 2.22. The minimum atomic E-state index is -3.36. The lowest BCUT2D eigenvalue weighted by Gasteiger charge is -2.05. The maximum absolute atomic E-state index is 11.8. The Kier molecular flexibility index (Phi) is 4.27. The number of sulfone groups is 2. The van der Waals surface area contributed by atoms with Crippen molar-refractivity contribution < 1.29 is 16.8 Å². The number of aromatic nitrogens is 2. The predicted molar refractivity (Wildman–Crippen MR) is 84.6 cm³/mol. The topological polar surface area (TPSA) is 89.0 Å². The Balaban J connectivity index is 2.47. The molecule has 116 valence electrons. The minimum Gasteiger partial charge on any atom is -0.329 e. The molecule has 1 aromatic carbocycles. The summed E-state index contributed by atoms with van der Waals surface area (Å²) >= 11 is 5.21. The fourth-order valence-corrected chi connectivity index (χ4v) is 3.97. The van der Waals surface area contributed by atoms with E-state index in [1.165, 1.54) is 12.3 Å². The first-order chi connectivity index (χ1) is 9.59. The Hall–Kier alpha value is -1.19. The first-order valence-corrected chi connectivity index (χ1v) is 10.5. The highest BCUT2D eigenvalue weighted by molar-refractivity contribution is 7.91. The van der Waals surface area contributed by atoms with Crippen molar-refractivity contribution in [2.75, 3.05) is 18.3 Å². The summed E-state index contributed by atoms with van der Waals surface area (Å²) in [5.41, 5.74) is 1.13. The van der Waals surface area contributed by atoms with Crippen molar-refractivity contribution in [3.63, 3.8) is 0 Å². The lowest BCUT2D eigenvalue weighted by Crippen LogP contribution is -2.07. The van der Waals surface area contributed by atoms with Crippen molar-refractivity contribution in [2.24, 2.45) is 0 Å². The lowest BCUT2D eigenvalue weighted by atomic mass is 10.3. The summed E-state index contributed by atoms with van der Waals surface area (Å²) in [5.74, 6) is 0.0627. The van der Waals surface area contributed by atoms with Crippen LogP contribution in [-0.2, 0) is 26.2 Å². The van der Waals surface area contributed by atoms with E-state index in [0.29, 0.717) is 28.8 Å². The Labute approximate surface area is 128 Å². The number of hydrogen-bond donors (Lipinski definition) is 1. The third kappa shape index (κ3) is 3.72. The second-order valence-corrected chi connectivity index (χ2v) is 9.62. The van der Waals surface area contributed by atoms with Crippen molar-refractivity contribution >= 4 is 42.9 Å².